The first-order valence-electron chi connectivity index (χ1n) is 16.9. The van der Waals surface area contributed by atoms with E-state index in [4.69, 9.17) is 6.33 Å². The number of nitro groups is 2. The molecule has 4 aromatic carbocycles. The fourth-order valence-electron chi connectivity index (χ4n) is 5.05. The summed E-state index contributed by atoms with van der Waals surface area (Å²) in [5.74, 6) is -1.93. The van der Waals surface area contributed by atoms with Crippen LogP contribution < -0.4 is 5.73 Å². The van der Waals surface area contributed by atoms with Crippen LogP contribution in [-0.4, -0.2) is 65.9 Å². The number of benzene rings is 4. The summed E-state index contributed by atoms with van der Waals surface area (Å²) >= 11 is 1.40. The fourth-order valence-corrected chi connectivity index (χ4v) is 5.05. The summed E-state index contributed by atoms with van der Waals surface area (Å²) in [5.41, 5.74) is 9.81. The lowest BCUT2D eigenvalue weighted by Gasteiger charge is -2.24. The van der Waals surface area contributed by atoms with E-state index in [1.165, 1.54) is 60.2 Å². The Morgan fingerprint density at radius 3 is 1.72 bits per heavy atom. The van der Waals surface area contributed by atoms with Crippen molar-refractivity contribution in [1.29, 1.82) is 0.594 Å². The molecule has 57 heavy (non-hydrogen) atoms. The number of carbonyl (C=O) groups excluding carboxylic acids is 2. The number of hydrogen-bond acceptors (Lipinski definition) is 9. The minimum absolute atomic E-state index is 0. The van der Waals surface area contributed by atoms with Gasteiger partial charge in [-0.15, -0.1) is 36.2 Å². The van der Waals surface area contributed by atoms with E-state index in [1.54, 1.807) is 78.3 Å². The van der Waals surface area contributed by atoms with Crippen molar-refractivity contribution in [1.82, 2.24) is 24.0 Å². The van der Waals surface area contributed by atoms with Crippen molar-refractivity contribution in [2.24, 2.45) is 5.73 Å². The summed E-state index contributed by atoms with van der Waals surface area (Å²) in [6.45, 7) is 0.150. The van der Waals surface area contributed by atoms with E-state index in [0.29, 0.717) is 28.9 Å². The van der Waals surface area contributed by atoms with Crippen molar-refractivity contribution in [3.63, 3.8) is 0 Å². The average molecular weight is 923 g/mol. The molecule has 1 amide bonds. The molecule has 0 radical (unpaired) electrons. The second-order valence-electron chi connectivity index (χ2n) is 11.7. The molecule has 6 rings (SSSR count). The molecule has 6 aromatic rings. The Morgan fingerprint density at radius 1 is 0.789 bits per heavy atom. The molecule has 2 N–H and O–H groups in total. The van der Waals surface area contributed by atoms with Gasteiger partial charge in [0.05, 0.1) is 22.5 Å². The largest absolute Gasteiger partial charge is 0.471 e. The summed E-state index contributed by atoms with van der Waals surface area (Å²) in [7, 11) is 0. The molecule has 0 aliphatic carbocycles. The molecule has 300 valence electrons. The number of nitro benzene ring substituents is 2. The van der Waals surface area contributed by atoms with Gasteiger partial charge in [0.15, 0.2) is 0 Å². The van der Waals surface area contributed by atoms with Crippen LogP contribution >= 0.6 is 36.2 Å². The number of hydrogen-bond donors (Lipinski definition) is 1. The Bertz CT molecular complexity index is 2160. The predicted octanol–water partition coefficient (Wildman–Crippen LogP) is 7.73. The van der Waals surface area contributed by atoms with Crippen molar-refractivity contribution < 1.29 is 32.6 Å². The Hall–Kier alpha value is -5.99. The lowest BCUT2D eigenvalue weighted by atomic mass is 10.1. The third-order valence-corrected chi connectivity index (χ3v) is 7.82. The second-order valence-corrected chi connectivity index (χ2v) is 11.7. The highest BCUT2D eigenvalue weighted by Crippen LogP contribution is 2.22. The molecule has 19 heteroatoms. The van der Waals surface area contributed by atoms with Crippen LogP contribution in [0.1, 0.15) is 27.0 Å². The predicted molar refractivity (Wildman–Crippen MR) is 219 cm³/mol. The number of halogens is 5. The zero-order valence-electron chi connectivity index (χ0n) is 30.9. The topological polar surface area (TPSA) is 185 Å². The Labute approximate surface area is 348 Å². The molecule has 0 aliphatic heterocycles. The molecule has 2 aromatic heterocycles. The fraction of sp³-hybridized carbons (Fsp3) is 0.158. The van der Waals surface area contributed by atoms with E-state index >= 15 is 0 Å². The molecule has 0 unspecified atom stereocenters. The van der Waals surface area contributed by atoms with Crippen molar-refractivity contribution in [3.05, 3.63) is 177 Å². The first-order valence-corrected chi connectivity index (χ1v) is 16.5. The summed E-state index contributed by atoms with van der Waals surface area (Å²) < 4.78 is 48.6. The van der Waals surface area contributed by atoms with Crippen LogP contribution in [0, 0.1) is 20.2 Å². The highest BCUT2D eigenvalue weighted by molar-refractivity contribution is 14.0. The third-order valence-electron chi connectivity index (χ3n) is 7.82. The number of nitrogens with two attached hydrogens (primary N) is 1. The molecule has 0 bridgehead atoms. The van der Waals surface area contributed by atoms with Gasteiger partial charge >= 0.3 is 12.1 Å². The lowest BCUT2D eigenvalue weighted by Crippen LogP contribution is -2.41. The molecular formula is C38H37ClF3IN8O6. The maximum atomic E-state index is 13.1. The van der Waals surface area contributed by atoms with Crippen LogP contribution in [0.3, 0.4) is 0 Å². The monoisotopic (exact) mass is 922 g/mol. The minimum atomic E-state index is -5.00. The molecule has 0 fully saturated rings. The van der Waals surface area contributed by atoms with Gasteiger partial charge in [0.2, 0.25) is 0 Å². The maximum absolute atomic E-state index is 13.1. The van der Waals surface area contributed by atoms with Gasteiger partial charge in [0, 0.05) is 79.1 Å². The molecule has 0 saturated heterocycles. The summed E-state index contributed by atoms with van der Waals surface area (Å²) in [5, 5.41) is 21.0. The number of imidazole rings is 2. The van der Waals surface area contributed by atoms with Gasteiger partial charge in [0.25, 0.3) is 11.4 Å². The molecule has 0 spiro atoms. The first kappa shape index (κ1) is 45.4. The summed E-state index contributed by atoms with van der Waals surface area (Å²) in [6.07, 6.45) is 6.80. The summed E-state index contributed by atoms with van der Waals surface area (Å²) in [4.78, 5) is 51.0. The normalized spacial score (nSPS) is 10.4. The average Bonchev–Trinajstić information content (AvgIpc) is 3.97. The Kier molecular flexibility index (Phi) is 18.5. The van der Waals surface area contributed by atoms with Gasteiger partial charge in [-0.05, 0) is 60.3 Å². The van der Waals surface area contributed by atoms with Gasteiger partial charge in [-0.3, -0.25) is 29.8 Å². The van der Waals surface area contributed by atoms with E-state index in [-0.39, 0.29) is 43.3 Å². The number of rotatable bonds is 12. The van der Waals surface area contributed by atoms with E-state index in [0.717, 1.165) is 28.9 Å². The van der Waals surface area contributed by atoms with Crippen molar-refractivity contribution in [2.45, 2.75) is 25.6 Å². The minimum Gasteiger partial charge on any atom is -0.330 e. The number of aldehydes is 1. The second kappa shape index (κ2) is 23.2. The molecule has 0 atom stereocenters. The van der Waals surface area contributed by atoms with Crippen molar-refractivity contribution >= 4 is 59.8 Å². The number of alkyl halides is 3. The number of carbonyl (C=O) groups is 2. The highest BCUT2D eigenvalue weighted by atomic mass is 127. The molecule has 2 heterocycles. The van der Waals surface area contributed by atoms with Crippen LogP contribution in [0.25, 0.3) is 11.4 Å². The van der Waals surface area contributed by atoms with Crippen LogP contribution in [-0.2, 0) is 24.2 Å². The van der Waals surface area contributed by atoms with Crippen LogP contribution in [0.15, 0.2) is 135 Å². The van der Waals surface area contributed by atoms with Gasteiger partial charge in [0.1, 0.15) is 6.88 Å². The van der Waals surface area contributed by atoms with Crippen LogP contribution in [0.4, 0.5) is 24.5 Å². The van der Waals surface area contributed by atoms with E-state index in [2.05, 4.69) is 9.97 Å². The summed E-state index contributed by atoms with van der Waals surface area (Å²) in [6, 6.07) is 26.1. The third kappa shape index (κ3) is 14.9. The molecular weight excluding hydrogens is 884 g/mol. The van der Waals surface area contributed by atoms with Crippen molar-refractivity contribution in [3.8, 4) is 11.4 Å². The molecule has 0 aliphatic rings. The zero-order chi connectivity index (χ0) is 41.8. The number of amides is 1. The Morgan fingerprint density at radius 2 is 1.28 bits per heavy atom. The number of nitrogens with zero attached hydrogens (tertiary/aromatic N) is 7. The number of non-ortho nitro benzene ring substituents is 2. The van der Waals surface area contributed by atoms with Crippen LogP contribution in [0.2, 0.25) is 0 Å². The highest BCUT2D eigenvalue weighted by Gasteiger charge is 2.42. The Balaban J connectivity index is 0.000000341. The standard InChI is InChI=1S/C20H17F3N4O3.C10H8N2O.C8H10N2O2.ClH.HI/c21-20(22,23)19(28)25(10-8-15-4-6-17(7-5-15)27(29)30)13-16-2-1-3-18(12-16)26-11-9-24-14-26;13-7-9-2-1-3-10(6-9)12-5-4-11-8-12;9-6-5-7-1-3-8(4-2-7)10(11)12;;/h1-7,9,11-12,14H,8,10,13H2;1-8H;1-4H,5-6,9H2;2*1H/i/hT. The quantitative estimate of drug-likeness (QED) is 0.0555. The SMILES string of the molecule is Cl.NCCc1ccc([N+](=O)[O-])cc1.O=C(N(CCc1ccc([N+](=O)[O-])cc1)Cc1cccc(-n2ccnc2)c1)C(F)(F)F.O=Cc1cccc(-n2ccnc2)c1.[3H]I. The smallest absolute Gasteiger partial charge is 0.330 e. The van der Waals surface area contributed by atoms with Crippen LogP contribution in [0.5, 0.6) is 0 Å². The first-order chi connectivity index (χ1) is 27.4. The number of aromatic nitrogens is 4. The molecule has 0 saturated carbocycles. The maximum Gasteiger partial charge on any atom is 0.471 e. The zero-order valence-corrected chi connectivity index (χ0v) is 32.9. The molecule has 14 nitrogen and oxygen atoms in total. The van der Waals surface area contributed by atoms with Gasteiger partial charge in [-0.25, -0.2) is 9.97 Å². The van der Waals surface area contributed by atoms with Gasteiger partial charge in [-0.1, -0.05) is 48.5 Å². The van der Waals surface area contributed by atoms with E-state index in [1.807, 2.05) is 29.0 Å². The van der Waals surface area contributed by atoms with Gasteiger partial charge in [-0.2, -0.15) is 13.2 Å². The van der Waals surface area contributed by atoms with E-state index < -0.39 is 21.9 Å². The lowest BCUT2D eigenvalue weighted by molar-refractivity contribution is -0.385. The van der Waals surface area contributed by atoms with Crippen molar-refractivity contribution in [2.75, 3.05) is 13.1 Å². The van der Waals surface area contributed by atoms with Gasteiger partial charge < -0.3 is 19.8 Å². The van der Waals surface area contributed by atoms with E-state index in [9.17, 15) is 43.0 Å².